The van der Waals surface area contributed by atoms with E-state index in [1.165, 1.54) is 37.4 Å². The summed E-state index contributed by atoms with van der Waals surface area (Å²) in [5.41, 5.74) is -0.166. The number of rotatable bonds is 4. The molecular weight excluding hydrogens is 385 g/mol. The molecule has 0 atom stereocenters. The first-order valence-electron chi connectivity index (χ1n) is 5.65. The van der Waals surface area contributed by atoms with E-state index in [1.54, 1.807) is 0 Å². The molecule has 0 radical (unpaired) electrons. The van der Waals surface area contributed by atoms with E-state index in [4.69, 9.17) is 16.3 Å². The number of sulfonamides is 1. The SMILES string of the molecule is COc1ccc(Cl)cc1S(=O)(=O)Nc1ccc(Br)cc1F. The molecule has 2 aromatic rings. The first-order chi connectivity index (χ1) is 9.83. The van der Waals surface area contributed by atoms with Gasteiger partial charge in [-0.05, 0) is 36.4 Å². The van der Waals surface area contributed by atoms with E-state index in [-0.39, 0.29) is 21.4 Å². The predicted molar refractivity (Wildman–Crippen MR) is 82.9 cm³/mol. The molecule has 0 aliphatic rings. The number of halogens is 3. The lowest BCUT2D eigenvalue weighted by Crippen LogP contribution is -2.15. The van der Waals surface area contributed by atoms with Crippen LogP contribution in [0.25, 0.3) is 0 Å². The Hall–Kier alpha value is -1.31. The Balaban J connectivity index is 2.45. The van der Waals surface area contributed by atoms with Crippen LogP contribution in [0.4, 0.5) is 10.1 Å². The van der Waals surface area contributed by atoms with Gasteiger partial charge in [0.2, 0.25) is 0 Å². The normalized spacial score (nSPS) is 11.2. The number of anilines is 1. The van der Waals surface area contributed by atoms with Crippen LogP contribution in [0.15, 0.2) is 45.8 Å². The fourth-order valence-electron chi connectivity index (χ4n) is 1.63. The zero-order valence-corrected chi connectivity index (χ0v) is 13.9. The molecule has 21 heavy (non-hydrogen) atoms. The maximum atomic E-state index is 13.7. The van der Waals surface area contributed by atoms with Gasteiger partial charge in [-0.2, -0.15) is 0 Å². The van der Waals surface area contributed by atoms with E-state index < -0.39 is 15.8 Å². The van der Waals surface area contributed by atoms with Gasteiger partial charge in [0.1, 0.15) is 16.5 Å². The lowest BCUT2D eigenvalue weighted by molar-refractivity contribution is 0.403. The Kier molecular flexibility index (Phi) is 4.75. The van der Waals surface area contributed by atoms with Gasteiger partial charge in [0.05, 0.1) is 12.8 Å². The van der Waals surface area contributed by atoms with Gasteiger partial charge < -0.3 is 4.74 Å². The van der Waals surface area contributed by atoms with Crippen LogP contribution in [0.3, 0.4) is 0 Å². The summed E-state index contributed by atoms with van der Waals surface area (Å²) < 4.78 is 46.1. The highest BCUT2D eigenvalue weighted by molar-refractivity contribution is 9.10. The Bertz CT molecular complexity index is 783. The van der Waals surface area contributed by atoms with Crippen LogP contribution in [0.2, 0.25) is 5.02 Å². The van der Waals surface area contributed by atoms with Crippen molar-refractivity contribution in [2.75, 3.05) is 11.8 Å². The summed E-state index contributed by atoms with van der Waals surface area (Å²) in [5, 5.41) is 0.229. The number of benzene rings is 2. The molecule has 2 rings (SSSR count). The van der Waals surface area contributed by atoms with E-state index in [1.807, 2.05) is 0 Å². The van der Waals surface area contributed by atoms with Crippen molar-refractivity contribution in [3.05, 3.63) is 51.7 Å². The monoisotopic (exact) mass is 393 g/mol. The highest BCUT2D eigenvalue weighted by Crippen LogP contribution is 2.29. The number of ether oxygens (including phenoxy) is 1. The van der Waals surface area contributed by atoms with E-state index in [0.717, 1.165) is 6.07 Å². The van der Waals surface area contributed by atoms with Gasteiger partial charge in [-0.1, -0.05) is 27.5 Å². The van der Waals surface area contributed by atoms with Crippen LogP contribution in [-0.4, -0.2) is 15.5 Å². The molecule has 2 aromatic carbocycles. The van der Waals surface area contributed by atoms with Crippen molar-refractivity contribution in [3.63, 3.8) is 0 Å². The molecule has 0 aliphatic heterocycles. The molecule has 0 bridgehead atoms. The van der Waals surface area contributed by atoms with E-state index in [9.17, 15) is 12.8 Å². The number of nitrogens with one attached hydrogen (secondary N) is 1. The second-order valence-corrected chi connectivity index (χ2v) is 7.03. The molecule has 0 aliphatic carbocycles. The standard InChI is InChI=1S/C13H10BrClFNO3S/c1-20-12-5-3-9(15)7-13(12)21(18,19)17-11-4-2-8(14)6-10(11)16/h2-7,17H,1H3. The van der Waals surface area contributed by atoms with Crippen molar-refractivity contribution in [2.45, 2.75) is 4.90 Å². The summed E-state index contributed by atoms with van der Waals surface area (Å²) >= 11 is 8.91. The molecule has 0 saturated heterocycles. The summed E-state index contributed by atoms with van der Waals surface area (Å²) in [4.78, 5) is -0.167. The van der Waals surface area contributed by atoms with Crippen molar-refractivity contribution < 1.29 is 17.5 Å². The van der Waals surface area contributed by atoms with Crippen molar-refractivity contribution >= 4 is 43.2 Å². The minimum absolute atomic E-state index is 0.115. The molecule has 0 spiro atoms. The van der Waals surface area contributed by atoms with Gasteiger partial charge in [0.25, 0.3) is 10.0 Å². The lowest BCUT2D eigenvalue weighted by Gasteiger charge is -2.12. The molecule has 4 nitrogen and oxygen atoms in total. The third-order valence-corrected chi connectivity index (χ3v) is 4.71. The largest absolute Gasteiger partial charge is 0.495 e. The highest BCUT2D eigenvalue weighted by atomic mass is 79.9. The van der Waals surface area contributed by atoms with Crippen LogP contribution in [0.1, 0.15) is 0 Å². The molecule has 0 aromatic heterocycles. The van der Waals surface area contributed by atoms with Crippen molar-refractivity contribution in [3.8, 4) is 5.75 Å². The first kappa shape index (κ1) is 16.1. The van der Waals surface area contributed by atoms with Crippen LogP contribution in [-0.2, 0) is 10.0 Å². The number of hydrogen-bond donors (Lipinski definition) is 1. The van der Waals surface area contributed by atoms with Gasteiger partial charge >= 0.3 is 0 Å². The summed E-state index contributed by atoms with van der Waals surface area (Å²) in [6.45, 7) is 0. The second-order valence-electron chi connectivity index (χ2n) is 4.02. The van der Waals surface area contributed by atoms with Crippen molar-refractivity contribution in [1.29, 1.82) is 0 Å². The van der Waals surface area contributed by atoms with Gasteiger partial charge in [0, 0.05) is 9.50 Å². The molecule has 0 amide bonds. The highest BCUT2D eigenvalue weighted by Gasteiger charge is 2.21. The van der Waals surface area contributed by atoms with Gasteiger partial charge in [-0.3, -0.25) is 4.72 Å². The molecule has 0 saturated carbocycles. The zero-order valence-electron chi connectivity index (χ0n) is 10.7. The fraction of sp³-hybridized carbons (Fsp3) is 0.0769. The van der Waals surface area contributed by atoms with Gasteiger partial charge in [0.15, 0.2) is 0 Å². The predicted octanol–water partition coefficient (Wildman–Crippen LogP) is 4.05. The Morgan fingerprint density at radius 3 is 2.57 bits per heavy atom. The number of hydrogen-bond acceptors (Lipinski definition) is 3. The fourth-order valence-corrected chi connectivity index (χ4v) is 3.47. The van der Waals surface area contributed by atoms with E-state index >= 15 is 0 Å². The number of methoxy groups -OCH3 is 1. The Morgan fingerprint density at radius 1 is 1.24 bits per heavy atom. The molecular formula is C13H10BrClFNO3S. The molecule has 112 valence electrons. The zero-order chi connectivity index (χ0) is 15.6. The summed E-state index contributed by atoms with van der Waals surface area (Å²) in [5.74, 6) is -0.585. The van der Waals surface area contributed by atoms with Crippen molar-refractivity contribution in [1.82, 2.24) is 0 Å². The summed E-state index contributed by atoms with van der Waals surface area (Å²) in [6.07, 6.45) is 0. The molecule has 1 N–H and O–H groups in total. The van der Waals surface area contributed by atoms with Crippen LogP contribution >= 0.6 is 27.5 Å². The maximum Gasteiger partial charge on any atom is 0.265 e. The Labute approximate surface area is 135 Å². The topological polar surface area (TPSA) is 55.4 Å². The van der Waals surface area contributed by atoms with Crippen molar-refractivity contribution in [2.24, 2.45) is 0 Å². The smallest absolute Gasteiger partial charge is 0.265 e. The molecule has 0 fully saturated rings. The maximum absolute atomic E-state index is 13.7. The van der Waals surface area contributed by atoms with Crippen LogP contribution in [0.5, 0.6) is 5.75 Å². The summed E-state index contributed by atoms with van der Waals surface area (Å²) in [7, 11) is -2.69. The third kappa shape index (κ3) is 3.66. The average Bonchev–Trinajstić information content (AvgIpc) is 2.42. The molecule has 8 heteroatoms. The Morgan fingerprint density at radius 2 is 1.95 bits per heavy atom. The minimum atomic E-state index is -4.03. The molecule has 0 heterocycles. The first-order valence-corrected chi connectivity index (χ1v) is 8.30. The third-order valence-electron chi connectivity index (χ3n) is 2.59. The summed E-state index contributed by atoms with van der Waals surface area (Å²) in [6, 6.07) is 8.16. The average molecular weight is 395 g/mol. The van der Waals surface area contributed by atoms with Gasteiger partial charge in [-0.15, -0.1) is 0 Å². The molecule has 0 unspecified atom stereocenters. The minimum Gasteiger partial charge on any atom is -0.495 e. The quantitative estimate of drug-likeness (QED) is 0.851. The van der Waals surface area contributed by atoms with Crippen LogP contribution < -0.4 is 9.46 Å². The van der Waals surface area contributed by atoms with Gasteiger partial charge in [-0.25, -0.2) is 12.8 Å². The van der Waals surface area contributed by atoms with E-state index in [2.05, 4.69) is 20.7 Å². The lowest BCUT2D eigenvalue weighted by atomic mass is 10.3. The van der Waals surface area contributed by atoms with E-state index in [0.29, 0.717) is 4.47 Å². The van der Waals surface area contributed by atoms with Crippen LogP contribution in [0, 0.1) is 5.82 Å². The second kappa shape index (κ2) is 6.21.